The van der Waals surface area contributed by atoms with Crippen molar-refractivity contribution in [2.45, 2.75) is 12.8 Å². The van der Waals surface area contributed by atoms with Crippen LogP contribution in [0.15, 0.2) is 24.4 Å². The van der Waals surface area contributed by atoms with E-state index in [1.54, 1.807) is 24.4 Å². The van der Waals surface area contributed by atoms with Crippen LogP contribution < -0.4 is 5.32 Å². The Morgan fingerprint density at radius 1 is 1.32 bits per heavy atom. The second-order valence-corrected chi connectivity index (χ2v) is 4.21. The molecule has 1 heterocycles. The summed E-state index contributed by atoms with van der Waals surface area (Å²) in [6.07, 6.45) is 1.75. The summed E-state index contributed by atoms with van der Waals surface area (Å²) >= 11 is 0. The number of phenolic OH excluding ortho intramolecular Hbond substituents is 1. The minimum absolute atomic E-state index is 0.0968. The molecule has 0 atom stereocenters. The maximum absolute atomic E-state index is 11.6. The van der Waals surface area contributed by atoms with Gasteiger partial charge in [-0.05, 0) is 23.8 Å². The van der Waals surface area contributed by atoms with Crippen molar-refractivity contribution in [1.82, 2.24) is 10.3 Å². The zero-order valence-corrected chi connectivity index (χ0v) is 10.1. The number of aromatic amines is 1. The van der Waals surface area contributed by atoms with Crippen molar-refractivity contribution < 1.29 is 19.8 Å². The third-order valence-electron chi connectivity index (χ3n) is 2.76. The van der Waals surface area contributed by atoms with Gasteiger partial charge in [0, 0.05) is 23.6 Å². The standard InChI is InChI=1S/C13H14N2O4/c16-9-1-2-11-10(6-9)8(7-15-11)5-12(17)14-4-3-13(18)19/h1-2,6-7,15-16H,3-5H2,(H,14,17)(H,18,19). The first kappa shape index (κ1) is 12.9. The van der Waals surface area contributed by atoms with E-state index < -0.39 is 5.97 Å². The van der Waals surface area contributed by atoms with Gasteiger partial charge in [0.05, 0.1) is 12.8 Å². The van der Waals surface area contributed by atoms with Gasteiger partial charge in [-0.1, -0.05) is 0 Å². The third-order valence-corrected chi connectivity index (χ3v) is 2.76. The SMILES string of the molecule is O=C(O)CCNC(=O)Cc1c[nH]c2ccc(O)cc12. The Kier molecular flexibility index (Phi) is 3.70. The largest absolute Gasteiger partial charge is 0.508 e. The van der Waals surface area contributed by atoms with E-state index in [9.17, 15) is 14.7 Å². The van der Waals surface area contributed by atoms with Crippen LogP contribution in [0.1, 0.15) is 12.0 Å². The molecule has 0 aliphatic heterocycles. The molecule has 0 radical (unpaired) electrons. The van der Waals surface area contributed by atoms with Crippen LogP contribution in [-0.2, 0) is 16.0 Å². The molecule has 0 bridgehead atoms. The monoisotopic (exact) mass is 262 g/mol. The number of aromatic hydroxyl groups is 1. The molecule has 0 spiro atoms. The molecular weight excluding hydrogens is 248 g/mol. The maximum Gasteiger partial charge on any atom is 0.305 e. The maximum atomic E-state index is 11.6. The molecule has 0 aliphatic carbocycles. The van der Waals surface area contributed by atoms with E-state index in [-0.39, 0.29) is 31.0 Å². The summed E-state index contributed by atoms with van der Waals surface area (Å²) in [5, 5.41) is 21.2. The molecule has 0 unspecified atom stereocenters. The smallest absolute Gasteiger partial charge is 0.305 e. The van der Waals surface area contributed by atoms with Gasteiger partial charge in [0.1, 0.15) is 5.75 Å². The molecule has 0 aliphatic rings. The van der Waals surface area contributed by atoms with Crippen LogP contribution in [0.25, 0.3) is 10.9 Å². The highest BCUT2D eigenvalue weighted by Gasteiger charge is 2.09. The number of carboxylic acids is 1. The van der Waals surface area contributed by atoms with Crippen molar-refractivity contribution in [3.8, 4) is 5.75 Å². The first-order valence-electron chi connectivity index (χ1n) is 5.84. The Labute approximate surface area is 109 Å². The van der Waals surface area contributed by atoms with Crippen molar-refractivity contribution in [3.05, 3.63) is 30.0 Å². The molecule has 6 nitrogen and oxygen atoms in total. The lowest BCUT2D eigenvalue weighted by molar-refractivity contribution is -0.136. The predicted molar refractivity (Wildman–Crippen MR) is 68.9 cm³/mol. The Morgan fingerprint density at radius 2 is 2.11 bits per heavy atom. The van der Waals surface area contributed by atoms with Crippen LogP contribution in [0.3, 0.4) is 0 Å². The number of carboxylic acid groups (broad SMARTS) is 1. The topological polar surface area (TPSA) is 102 Å². The summed E-state index contributed by atoms with van der Waals surface area (Å²) in [6, 6.07) is 4.89. The molecule has 0 fully saturated rings. The number of nitrogens with one attached hydrogen (secondary N) is 2. The van der Waals surface area contributed by atoms with E-state index in [1.807, 2.05) is 0 Å². The Hall–Kier alpha value is -2.50. The summed E-state index contributed by atoms with van der Waals surface area (Å²) in [5.41, 5.74) is 1.60. The fourth-order valence-electron chi connectivity index (χ4n) is 1.86. The van der Waals surface area contributed by atoms with E-state index in [2.05, 4.69) is 10.3 Å². The molecule has 19 heavy (non-hydrogen) atoms. The number of H-pyrrole nitrogens is 1. The van der Waals surface area contributed by atoms with Gasteiger partial charge in [-0.15, -0.1) is 0 Å². The van der Waals surface area contributed by atoms with Gasteiger partial charge < -0.3 is 20.5 Å². The number of aliphatic carboxylic acids is 1. The van der Waals surface area contributed by atoms with Gasteiger partial charge in [0.2, 0.25) is 5.91 Å². The van der Waals surface area contributed by atoms with Crippen LogP contribution in [0.4, 0.5) is 0 Å². The summed E-state index contributed by atoms with van der Waals surface area (Å²) in [5.74, 6) is -1.05. The van der Waals surface area contributed by atoms with E-state index >= 15 is 0 Å². The molecule has 1 aromatic heterocycles. The fraction of sp³-hybridized carbons (Fsp3) is 0.231. The molecule has 6 heteroatoms. The van der Waals surface area contributed by atoms with E-state index in [0.717, 1.165) is 16.5 Å². The van der Waals surface area contributed by atoms with E-state index in [0.29, 0.717) is 0 Å². The normalized spacial score (nSPS) is 10.5. The summed E-state index contributed by atoms with van der Waals surface area (Å²) < 4.78 is 0. The van der Waals surface area contributed by atoms with Crippen molar-refractivity contribution in [3.63, 3.8) is 0 Å². The first-order chi connectivity index (χ1) is 9.06. The average Bonchev–Trinajstić information content (AvgIpc) is 2.71. The zero-order chi connectivity index (χ0) is 13.8. The number of fused-ring (bicyclic) bond motifs is 1. The number of benzene rings is 1. The highest BCUT2D eigenvalue weighted by atomic mass is 16.4. The van der Waals surface area contributed by atoms with Gasteiger partial charge in [0.25, 0.3) is 0 Å². The summed E-state index contributed by atoms with van der Waals surface area (Å²) in [7, 11) is 0. The zero-order valence-electron chi connectivity index (χ0n) is 10.1. The van der Waals surface area contributed by atoms with Crippen LogP contribution in [0.5, 0.6) is 5.75 Å². The second-order valence-electron chi connectivity index (χ2n) is 4.21. The molecule has 0 saturated carbocycles. The minimum atomic E-state index is -0.947. The predicted octanol–water partition coefficient (Wildman–Crippen LogP) is 1.01. The first-order valence-corrected chi connectivity index (χ1v) is 5.84. The summed E-state index contributed by atoms with van der Waals surface area (Å²) in [4.78, 5) is 25.0. The van der Waals surface area contributed by atoms with Crippen molar-refractivity contribution in [2.75, 3.05) is 6.54 Å². The number of carbonyl (C=O) groups is 2. The molecule has 4 N–H and O–H groups in total. The van der Waals surface area contributed by atoms with Crippen LogP contribution >= 0.6 is 0 Å². The molecule has 2 aromatic rings. The average molecular weight is 262 g/mol. The number of amides is 1. The van der Waals surface area contributed by atoms with Crippen LogP contribution in [0.2, 0.25) is 0 Å². The molecular formula is C13H14N2O4. The van der Waals surface area contributed by atoms with Crippen molar-refractivity contribution in [2.24, 2.45) is 0 Å². The number of hydrogen-bond donors (Lipinski definition) is 4. The van der Waals surface area contributed by atoms with Crippen LogP contribution in [0, 0.1) is 0 Å². The van der Waals surface area contributed by atoms with Gasteiger partial charge in [-0.2, -0.15) is 0 Å². The number of hydrogen-bond acceptors (Lipinski definition) is 3. The number of aromatic nitrogens is 1. The van der Waals surface area contributed by atoms with Crippen molar-refractivity contribution >= 4 is 22.8 Å². The summed E-state index contributed by atoms with van der Waals surface area (Å²) in [6.45, 7) is 0.113. The lowest BCUT2D eigenvalue weighted by Gasteiger charge is -2.03. The quantitative estimate of drug-likeness (QED) is 0.645. The molecule has 1 amide bonds. The van der Waals surface area contributed by atoms with Crippen molar-refractivity contribution in [1.29, 1.82) is 0 Å². The van der Waals surface area contributed by atoms with E-state index in [1.165, 1.54) is 0 Å². The fourth-order valence-corrected chi connectivity index (χ4v) is 1.86. The molecule has 1 aromatic carbocycles. The number of rotatable bonds is 5. The molecule has 100 valence electrons. The number of carbonyl (C=O) groups excluding carboxylic acids is 1. The minimum Gasteiger partial charge on any atom is -0.508 e. The molecule has 0 saturated heterocycles. The third kappa shape index (κ3) is 3.25. The Morgan fingerprint density at radius 3 is 2.84 bits per heavy atom. The number of phenols is 1. The lowest BCUT2D eigenvalue weighted by Crippen LogP contribution is -2.27. The Balaban J connectivity index is 2.02. The van der Waals surface area contributed by atoms with Gasteiger partial charge in [-0.25, -0.2) is 0 Å². The van der Waals surface area contributed by atoms with Crippen LogP contribution in [-0.4, -0.2) is 33.6 Å². The highest BCUT2D eigenvalue weighted by molar-refractivity contribution is 5.89. The highest BCUT2D eigenvalue weighted by Crippen LogP contribution is 2.23. The van der Waals surface area contributed by atoms with Gasteiger partial charge in [0.15, 0.2) is 0 Å². The second kappa shape index (κ2) is 5.43. The molecule has 2 rings (SSSR count). The van der Waals surface area contributed by atoms with Gasteiger partial charge in [-0.3, -0.25) is 9.59 Å². The van der Waals surface area contributed by atoms with E-state index in [4.69, 9.17) is 5.11 Å². The van der Waals surface area contributed by atoms with Gasteiger partial charge >= 0.3 is 5.97 Å². The Bertz CT molecular complexity index is 618. The lowest BCUT2D eigenvalue weighted by atomic mass is 10.1.